The van der Waals surface area contributed by atoms with Gasteiger partial charge in [-0.15, -0.1) is 0 Å². The zero-order valence-electron chi connectivity index (χ0n) is 10.1. The largest absolute Gasteiger partial charge is 0.385 e. The smallest absolute Gasteiger partial charge is 0.223 e. The normalized spacial score (nSPS) is 20.9. The lowest BCUT2D eigenvalue weighted by Gasteiger charge is -2.11. The summed E-state index contributed by atoms with van der Waals surface area (Å²) in [5.41, 5.74) is 12.3. The van der Waals surface area contributed by atoms with Gasteiger partial charge in [0, 0.05) is 5.69 Å². The van der Waals surface area contributed by atoms with Crippen molar-refractivity contribution in [2.75, 3.05) is 11.9 Å². The number of rotatable bonds is 3. The molecule has 19 heavy (non-hydrogen) atoms. The first-order valence-electron chi connectivity index (χ1n) is 5.85. The standard InChI is InChI=1S/C12H13N7/c13-10-9-11(19-12(14)18-10)17-8(16-9)6-15-7-4-2-1-3-5-7/h1-5,9,15H,6H2,(H4,13,14,16,17,18,19). The van der Waals surface area contributed by atoms with E-state index in [1.165, 1.54) is 0 Å². The molecule has 2 aliphatic rings. The van der Waals surface area contributed by atoms with Crippen molar-refractivity contribution in [3.63, 3.8) is 0 Å². The summed E-state index contributed by atoms with van der Waals surface area (Å²) in [7, 11) is 0. The molecule has 1 atom stereocenters. The molecule has 7 heteroatoms. The Morgan fingerprint density at radius 2 is 1.84 bits per heavy atom. The van der Waals surface area contributed by atoms with Crippen LogP contribution in [0.3, 0.4) is 0 Å². The first kappa shape index (κ1) is 11.4. The van der Waals surface area contributed by atoms with Gasteiger partial charge in [-0.25, -0.2) is 9.98 Å². The Morgan fingerprint density at radius 3 is 2.63 bits per heavy atom. The summed E-state index contributed by atoms with van der Waals surface area (Å²) in [5.74, 6) is 1.61. The molecule has 0 fully saturated rings. The number of fused-ring (bicyclic) bond motifs is 1. The maximum Gasteiger partial charge on any atom is 0.223 e. The van der Waals surface area contributed by atoms with Crippen molar-refractivity contribution in [2.45, 2.75) is 6.04 Å². The van der Waals surface area contributed by atoms with Crippen molar-refractivity contribution >= 4 is 29.2 Å². The van der Waals surface area contributed by atoms with Crippen LogP contribution in [0, 0.1) is 0 Å². The Morgan fingerprint density at radius 1 is 1.05 bits per heavy atom. The molecule has 0 saturated heterocycles. The highest BCUT2D eigenvalue weighted by Gasteiger charge is 2.29. The van der Waals surface area contributed by atoms with E-state index >= 15 is 0 Å². The minimum Gasteiger partial charge on any atom is -0.385 e. The number of para-hydroxylation sites is 1. The number of benzene rings is 1. The molecule has 5 N–H and O–H groups in total. The second-order valence-electron chi connectivity index (χ2n) is 4.14. The lowest BCUT2D eigenvalue weighted by molar-refractivity contribution is 1.10. The summed E-state index contributed by atoms with van der Waals surface area (Å²) in [4.78, 5) is 16.6. The minimum absolute atomic E-state index is 0.125. The third kappa shape index (κ3) is 2.30. The number of amidine groups is 3. The molecule has 0 aliphatic carbocycles. The van der Waals surface area contributed by atoms with Crippen molar-refractivity contribution in [2.24, 2.45) is 31.4 Å². The second-order valence-corrected chi connectivity index (χ2v) is 4.14. The Kier molecular flexibility index (Phi) is 2.71. The third-order valence-electron chi connectivity index (χ3n) is 2.74. The lowest BCUT2D eigenvalue weighted by Crippen LogP contribution is -2.38. The van der Waals surface area contributed by atoms with Crippen LogP contribution in [0.1, 0.15) is 0 Å². The van der Waals surface area contributed by atoms with Crippen molar-refractivity contribution in [1.29, 1.82) is 0 Å². The number of anilines is 1. The SMILES string of the molecule is NC1=NC2=NC(CNc3ccccc3)=NC2C(N)=N1. The Hall–Kier alpha value is -2.70. The molecule has 1 unspecified atom stereocenters. The van der Waals surface area contributed by atoms with Crippen LogP contribution < -0.4 is 16.8 Å². The average Bonchev–Trinajstić information content (AvgIpc) is 2.81. The molecule has 2 heterocycles. The molecule has 0 aromatic heterocycles. The van der Waals surface area contributed by atoms with Gasteiger partial charge in [-0.3, -0.25) is 0 Å². The molecule has 7 nitrogen and oxygen atoms in total. The summed E-state index contributed by atoms with van der Waals surface area (Å²) >= 11 is 0. The fourth-order valence-corrected chi connectivity index (χ4v) is 1.87. The number of aliphatic imine (C=N–C) groups is 4. The molecule has 0 saturated carbocycles. The van der Waals surface area contributed by atoms with Crippen LogP contribution in [0.25, 0.3) is 0 Å². The van der Waals surface area contributed by atoms with Gasteiger partial charge in [0.1, 0.15) is 11.7 Å². The maximum absolute atomic E-state index is 5.76. The summed E-state index contributed by atoms with van der Waals surface area (Å²) in [5, 5.41) is 3.22. The van der Waals surface area contributed by atoms with Crippen LogP contribution in [-0.4, -0.2) is 36.1 Å². The second kappa shape index (κ2) is 4.52. The molecule has 1 aromatic carbocycles. The van der Waals surface area contributed by atoms with E-state index in [0.29, 0.717) is 24.1 Å². The monoisotopic (exact) mass is 255 g/mol. The molecule has 0 bridgehead atoms. The molecule has 0 amide bonds. The summed E-state index contributed by atoms with van der Waals surface area (Å²) in [6.07, 6.45) is 0. The first-order valence-corrected chi connectivity index (χ1v) is 5.85. The van der Waals surface area contributed by atoms with Crippen LogP contribution in [-0.2, 0) is 0 Å². The van der Waals surface area contributed by atoms with E-state index in [-0.39, 0.29) is 12.0 Å². The van der Waals surface area contributed by atoms with Crippen LogP contribution in [0.2, 0.25) is 0 Å². The molecule has 0 spiro atoms. The van der Waals surface area contributed by atoms with E-state index in [4.69, 9.17) is 11.5 Å². The van der Waals surface area contributed by atoms with E-state index in [1.807, 2.05) is 30.3 Å². The zero-order valence-corrected chi connectivity index (χ0v) is 10.1. The molecule has 3 rings (SSSR count). The molecule has 1 aromatic rings. The van der Waals surface area contributed by atoms with Gasteiger partial charge >= 0.3 is 0 Å². The quantitative estimate of drug-likeness (QED) is 0.704. The molecule has 0 radical (unpaired) electrons. The predicted molar refractivity (Wildman–Crippen MR) is 76.8 cm³/mol. The Labute approximate surface area is 109 Å². The highest BCUT2D eigenvalue weighted by Crippen LogP contribution is 2.12. The molecular formula is C12H13N7. The third-order valence-corrected chi connectivity index (χ3v) is 2.74. The number of hydrogen-bond donors (Lipinski definition) is 3. The Balaban J connectivity index is 1.72. The summed E-state index contributed by atoms with van der Waals surface area (Å²) in [6, 6.07) is 9.44. The predicted octanol–water partition coefficient (Wildman–Crippen LogP) is -0.0368. The number of nitrogens with two attached hydrogens (primary N) is 2. The lowest BCUT2D eigenvalue weighted by atomic mass is 10.2. The van der Waals surface area contributed by atoms with Crippen molar-refractivity contribution < 1.29 is 0 Å². The first-order chi connectivity index (χ1) is 9.22. The van der Waals surface area contributed by atoms with Gasteiger partial charge in [0.15, 0.2) is 11.9 Å². The van der Waals surface area contributed by atoms with Gasteiger partial charge in [-0.2, -0.15) is 9.98 Å². The fraction of sp³-hybridized carbons (Fsp3) is 0.167. The van der Waals surface area contributed by atoms with E-state index in [0.717, 1.165) is 5.69 Å². The van der Waals surface area contributed by atoms with E-state index in [9.17, 15) is 0 Å². The van der Waals surface area contributed by atoms with Crippen molar-refractivity contribution in [3.8, 4) is 0 Å². The van der Waals surface area contributed by atoms with Crippen LogP contribution >= 0.6 is 0 Å². The topological polar surface area (TPSA) is 114 Å². The number of hydrogen-bond acceptors (Lipinski definition) is 7. The number of nitrogens with zero attached hydrogens (tertiary/aromatic N) is 4. The van der Waals surface area contributed by atoms with Gasteiger partial charge in [0.2, 0.25) is 5.96 Å². The highest BCUT2D eigenvalue weighted by molar-refractivity contribution is 6.24. The Bertz CT molecular complexity index is 612. The molecular weight excluding hydrogens is 242 g/mol. The van der Waals surface area contributed by atoms with Gasteiger partial charge in [-0.1, -0.05) is 18.2 Å². The van der Waals surface area contributed by atoms with Gasteiger partial charge < -0.3 is 16.8 Å². The molecule has 96 valence electrons. The maximum atomic E-state index is 5.76. The summed E-state index contributed by atoms with van der Waals surface area (Å²) < 4.78 is 0. The van der Waals surface area contributed by atoms with E-state index in [2.05, 4.69) is 25.3 Å². The van der Waals surface area contributed by atoms with Crippen molar-refractivity contribution in [1.82, 2.24) is 0 Å². The summed E-state index contributed by atoms with van der Waals surface area (Å²) in [6.45, 7) is 0.507. The van der Waals surface area contributed by atoms with Crippen molar-refractivity contribution in [3.05, 3.63) is 30.3 Å². The average molecular weight is 255 g/mol. The van der Waals surface area contributed by atoms with E-state index < -0.39 is 0 Å². The van der Waals surface area contributed by atoms with Crippen LogP contribution in [0.4, 0.5) is 5.69 Å². The van der Waals surface area contributed by atoms with E-state index in [1.54, 1.807) is 0 Å². The van der Waals surface area contributed by atoms with Crippen LogP contribution in [0.5, 0.6) is 0 Å². The molecule has 2 aliphatic heterocycles. The van der Waals surface area contributed by atoms with Gasteiger partial charge in [0.05, 0.1) is 6.54 Å². The van der Waals surface area contributed by atoms with Gasteiger partial charge in [0.25, 0.3) is 0 Å². The highest BCUT2D eigenvalue weighted by atomic mass is 15.2. The van der Waals surface area contributed by atoms with Gasteiger partial charge in [-0.05, 0) is 12.1 Å². The fourth-order valence-electron chi connectivity index (χ4n) is 1.87. The minimum atomic E-state index is -0.389. The number of guanidine groups is 1. The van der Waals surface area contributed by atoms with Crippen LogP contribution in [0.15, 0.2) is 50.3 Å². The number of nitrogens with one attached hydrogen (secondary N) is 1. The zero-order chi connectivity index (χ0) is 13.2.